The van der Waals surface area contributed by atoms with Gasteiger partial charge in [-0.05, 0) is 24.6 Å². The largest absolute Gasteiger partial charge is 0.479 e. The second-order valence-electron chi connectivity index (χ2n) is 3.64. The highest BCUT2D eigenvalue weighted by Crippen LogP contribution is 2.15. The second-order valence-corrected chi connectivity index (χ2v) is 5.38. The van der Waals surface area contributed by atoms with Gasteiger partial charge in [0.1, 0.15) is 10.7 Å². The monoisotopic (exact) mass is 277 g/mol. The molecule has 18 heavy (non-hydrogen) atoms. The Morgan fingerprint density at radius 2 is 2.11 bits per heavy atom. The first-order valence-electron chi connectivity index (χ1n) is 4.91. The van der Waals surface area contributed by atoms with Crippen molar-refractivity contribution in [1.29, 1.82) is 0 Å². The Labute approximate surface area is 103 Å². The van der Waals surface area contributed by atoms with E-state index in [1.807, 2.05) is 4.72 Å². The van der Waals surface area contributed by atoms with E-state index < -0.39 is 39.4 Å². The summed E-state index contributed by atoms with van der Waals surface area (Å²) in [7, 11) is -4.19. The van der Waals surface area contributed by atoms with Gasteiger partial charge in [0.25, 0.3) is 0 Å². The molecule has 0 saturated carbocycles. The van der Waals surface area contributed by atoms with Gasteiger partial charge in [-0.1, -0.05) is 6.07 Å². The third-order valence-electron chi connectivity index (χ3n) is 2.13. The predicted molar refractivity (Wildman–Crippen MR) is 60.0 cm³/mol. The fourth-order valence-electron chi connectivity index (χ4n) is 1.17. The van der Waals surface area contributed by atoms with E-state index in [9.17, 15) is 17.6 Å². The van der Waals surface area contributed by atoms with Crippen LogP contribution in [0.15, 0.2) is 23.1 Å². The normalized spacial score (nSPS) is 13.3. The SMILES string of the molecule is Cc1ccc(F)c(S(=O)(=O)NC[C@H](O)C(=O)O)c1. The zero-order valence-corrected chi connectivity index (χ0v) is 10.2. The van der Waals surface area contributed by atoms with Gasteiger partial charge in [0.05, 0.1) is 0 Å². The van der Waals surface area contributed by atoms with Gasteiger partial charge in [0.2, 0.25) is 10.0 Å². The van der Waals surface area contributed by atoms with Crippen LogP contribution in [-0.4, -0.2) is 37.2 Å². The van der Waals surface area contributed by atoms with Crippen LogP contribution < -0.4 is 4.72 Å². The Balaban J connectivity index is 2.93. The summed E-state index contributed by atoms with van der Waals surface area (Å²) in [6.07, 6.45) is -1.88. The maximum absolute atomic E-state index is 13.4. The van der Waals surface area contributed by atoms with E-state index in [4.69, 9.17) is 10.2 Å². The molecule has 8 heteroatoms. The van der Waals surface area contributed by atoms with Crippen LogP contribution in [0.25, 0.3) is 0 Å². The summed E-state index contributed by atoms with van der Waals surface area (Å²) in [6.45, 7) is 0.857. The lowest BCUT2D eigenvalue weighted by atomic mass is 10.2. The standard InChI is InChI=1S/C10H12FNO5S/c1-6-2-3-7(11)9(4-6)18(16,17)12-5-8(13)10(14)15/h2-4,8,12-13H,5H2,1H3,(H,14,15)/t8-/m0/s1. The third kappa shape index (κ3) is 3.49. The first-order chi connectivity index (χ1) is 8.24. The average Bonchev–Trinajstić information content (AvgIpc) is 2.29. The van der Waals surface area contributed by atoms with E-state index >= 15 is 0 Å². The van der Waals surface area contributed by atoms with Crippen molar-refractivity contribution in [2.24, 2.45) is 0 Å². The molecule has 1 atom stereocenters. The lowest BCUT2D eigenvalue weighted by Crippen LogP contribution is -2.36. The van der Waals surface area contributed by atoms with Crippen molar-refractivity contribution >= 4 is 16.0 Å². The number of aryl methyl sites for hydroxylation is 1. The minimum Gasteiger partial charge on any atom is -0.479 e. The Morgan fingerprint density at radius 1 is 1.50 bits per heavy atom. The molecule has 3 N–H and O–H groups in total. The molecule has 1 aromatic carbocycles. The number of carbonyl (C=O) groups is 1. The maximum atomic E-state index is 13.4. The van der Waals surface area contributed by atoms with Crippen LogP contribution in [0.1, 0.15) is 5.56 Å². The molecule has 0 unspecified atom stereocenters. The van der Waals surface area contributed by atoms with E-state index in [-0.39, 0.29) is 0 Å². The summed E-state index contributed by atoms with van der Waals surface area (Å²) in [5.41, 5.74) is 0.538. The Bertz CT molecular complexity index is 557. The Hall–Kier alpha value is -1.51. The van der Waals surface area contributed by atoms with Crippen molar-refractivity contribution < 1.29 is 27.8 Å². The highest BCUT2D eigenvalue weighted by molar-refractivity contribution is 7.89. The van der Waals surface area contributed by atoms with Crippen molar-refractivity contribution in [1.82, 2.24) is 4.72 Å². The van der Waals surface area contributed by atoms with Crippen LogP contribution in [0, 0.1) is 12.7 Å². The molecule has 0 aromatic heterocycles. The molecule has 0 saturated heterocycles. The van der Waals surface area contributed by atoms with Gasteiger partial charge in [-0.3, -0.25) is 0 Å². The molecule has 0 spiro atoms. The van der Waals surface area contributed by atoms with Crippen molar-refractivity contribution in [2.45, 2.75) is 17.9 Å². The molecular weight excluding hydrogens is 265 g/mol. The minimum atomic E-state index is -4.19. The molecule has 0 aliphatic carbocycles. The smallest absolute Gasteiger partial charge is 0.333 e. The minimum absolute atomic E-state index is 0.538. The van der Waals surface area contributed by atoms with Gasteiger partial charge in [0.15, 0.2) is 6.10 Å². The highest BCUT2D eigenvalue weighted by atomic mass is 32.2. The van der Waals surface area contributed by atoms with Crippen molar-refractivity contribution in [3.63, 3.8) is 0 Å². The molecule has 0 heterocycles. The highest BCUT2D eigenvalue weighted by Gasteiger charge is 2.22. The van der Waals surface area contributed by atoms with Gasteiger partial charge < -0.3 is 10.2 Å². The van der Waals surface area contributed by atoms with E-state index in [0.29, 0.717) is 5.56 Å². The number of aliphatic hydroxyl groups is 1. The first kappa shape index (κ1) is 14.6. The van der Waals surface area contributed by atoms with Crippen LogP contribution in [0.3, 0.4) is 0 Å². The fourth-order valence-corrected chi connectivity index (χ4v) is 2.37. The van der Waals surface area contributed by atoms with Gasteiger partial charge in [-0.25, -0.2) is 22.3 Å². The topological polar surface area (TPSA) is 104 Å². The predicted octanol–water partition coefficient (Wildman–Crippen LogP) is -0.142. The molecule has 0 aliphatic rings. The average molecular weight is 277 g/mol. The van der Waals surface area contributed by atoms with E-state index in [1.54, 1.807) is 6.92 Å². The first-order valence-corrected chi connectivity index (χ1v) is 6.39. The molecule has 0 bridgehead atoms. The number of nitrogens with one attached hydrogen (secondary N) is 1. The lowest BCUT2D eigenvalue weighted by Gasteiger charge is -2.10. The van der Waals surface area contributed by atoms with Crippen LogP contribution in [0.2, 0.25) is 0 Å². The van der Waals surface area contributed by atoms with Crippen molar-refractivity contribution in [3.05, 3.63) is 29.6 Å². The summed E-state index contributed by atoms with van der Waals surface area (Å²) in [5, 5.41) is 17.3. The van der Waals surface area contributed by atoms with Crippen molar-refractivity contribution in [2.75, 3.05) is 6.54 Å². The van der Waals surface area contributed by atoms with Gasteiger partial charge in [-0.15, -0.1) is 0 Å². The number of hydrogen-bond acceptors (Lipinski definition) is 4. The van der Waals surface area contributed by atoms with Crippen LogP contribution in [0.5, 0.6) is 0 Å². The van der Waals surface area contributed by atoms with Crippen LogP contribution in [-0.2, 0) is 14.8 Å². The number of aliphatic hydroxyl groups excluding tert-OH is 1. The zero-order chi connectivity index (χ0) is 13.9. The van der Waals surface area contributed by atoms with E-state index in [1.165, 1.54) is 6.07 Å². The Morgan fingerprint density at radius 3 is 2.67 bits per heavy atom. The number of aliphatic carboxylic acids is 1. The molecule has 1 rings (SSSR count). The molecule has 100 valence electrons. The molecule has 0 fully saturated rings. The summed E-state index contributed by atoms with van der Waals surface area (Å²) in [4.78, 5) is 9.73. The molecule has 1 aromatic rings. The van der Waals surface area contributed by atoms with Gasteiger partial charge in [-0.2, -0.15) is 0 Å². The maximum Gasteiger partial charge on any atom is 0.333 e. The second kappa shape index (κ2) is 5.42. The van der Waals surface area contributed by atoms with Crippen molar-refractivity contribution in [3.8, 4) is 0 Å². The van der Waals surface area contributed by atoms with Crippen LogP contribution >= 0.6 is 0 Å². The summed E-state index contributed by atoms with van der Waals surface area (Å²) in [6, 6.07) is 3.52. The number of carboxylic acids is 1. The number of hydrogen-bond donors (Lipinski definition) is 3. The van der Waals surface area contributed by atoms with E-state index in [2.05, 4.69) is 0 Å². The summed E-state index contributed by atoms with van der Waals surface area (Å²) >= 11 is 0. The molecule has 0 aliphatic heterocycles. The third-order valence-corrected chi connectivity index (χ3v) is 3.57. The zero-order valence-electron chi connectivity index (χ0n) is 9.42. The van der Waals surface area contributed by atoms with Gasteiger partial charge in [0, 0.05) is 6.54 Å². The summed E-state index contributed by atoms with van der Waals surface area (Å²) < 4.78 is 38.5. The molecule has 6 nitrogen and oxygen atoms in total. The van der Waals surface area contributed by atoms with Crippen LogP contribution in [0.4, 0.5) is 4.39 Å². The number of sulfonamides is 1. The molecule has 0 radical (unpaired) electrons. The lowest BCUT2D eigenvalue weighted by molar-refractivity contribution is -0.146. The number of benzene rings is 1. The number of halogens is 1. The molecular formula is C10H12FNO5S. The number of rotatable bonds is 5. The number of carboxylic acid groups (broad SMARTS) is 1. The quantitative estimate of drug-likeness (QED) is 0.695. The summed E-state index contributed by atoms with van der Waals surface area (Å²) in [5.74, 6) is -2.51. The van der Waals surface area contributed by atoms with E-state index in [0.717, 1.165) is 12.1 Å². The fraction of sp³-hybridized carbons (Fsp3) is 0.300. The molecule has 0 amide bonds. The Kier molecular flexibility index (Phi) is 4.38. The van der Waals surface area contributed by atoms with Gasteiger partial charge >= 0.3 is 5.97 Å².